The molecule has 0 aliphatic carbocycles. The largest absolute Gasteiger partial charge is 0.360 e. The lowest BCUT2D eigenvalue weighted by atomic mass is 10.6. The Morgan fingerprint density at radius 1 is 1.36 bits per heavy atom. The molecule has 1 radical (unpaired) electrons. The summed E-state index contributed by atoms with van der Waals surface area (Å²) in [6, 6.07) is 0. The highest BCUT2D eigenvalue weighted by Gasteiger charge is 2.19. The molecular formula is C4H6NO5S. The van der Waals surface area contributed by atoms with Crippen molar-refractivity contribution < 1.29 is 22.6 Å². The van der Waals surface area contributed by atoms with Gasteiger partial charge in [0.15, 0.2) is 0 Å². The summed E-state index contributed by atoms with van der Waals surface area (Å²) in [5, 5.41) is 0.350. The van der Waals surface area contributed by atoms with Crippen LogP contribution in [0.5, 0.6) is 0 Å². The molecule has 0 spiro atoms. The van der Waals surface area contributed by atoms with Crippen LogP contribution in [0.1, 0.15) is 6.92 Å². The maximum absolute atomic E-state index is 10.3. The lowest BCUT2D eigenvalue weighted by Gasteiger charge is -1.95. The molecule has 0 aromatic rings. The zero-order valence-corrected chi connectivity index (χ0v) is 6.47. The molecule has 0 unspecified atom stereocenters. The molecule has 63 valence electrons. The van der Waals surface area contributed by atoms with Gasteiger partial charge in [-0.25, -0.2) is 0 Å². The van der Waals surface area contributed by atoms with E-state index in [-0.39, 0.29) is 0 Å². The average molecular weight is 180 g/mol. The normalized spacial score (nSPS) is 10.7. The molecule has 0 saturated carbocycles. The summed E-state index contributed by atoms with van der Waals surface area (Å²) >= 11 is 0. The van der Waals surface area contributed by atoms with Crippen LogP contribution < -0.4 is 5.32 Å². The molecule has 1 amide bonds. The Bertz CT molecular complexity index is 266. The van der Waals surface area contributed by atoms with Gasteiger partial charge in [-0.05, 0) is 0 Å². The average Bonchev–Trinajstić information content (AvgIpc) is 1.80. The van der Waals surface area contributed by atoms with E-state index in [0.29, 0.717) is 0 Å². The molecule has 0 heterocycles. The zero-order chi connectivity index (χ0) is 9.07. The second-order valence-electron chi connectivity index (χ2n) is 1.74. The van der Waals surface area contributed by atoms with Crippen LogP contribution in [0.3, 0.4) is 0 Å². The predicted molar refractivity (Wildman–Crippen MR) is 33.3 cm³/mol. The molecular weight excluding hydrogens is 174 g/mol. The fraction of sp³-hybridized carbons (Fsp3) is 0.500. The molecule has 7 heteroatoms. The van der Waals surface area contributed by atoms with Crippen molar-refractivity contribution in [3.8, 4) is 0 Å². The maximum Gasteiger partial charge on any atom is 0.360 e. The summed E-state index contributed by atoms with van der Waals surface area (Å²) in [5.41, 5.74) is 0. The van der Waals surface area contributed by atoms with Gasteiger partial charge in [0.05, 0.1) is 6.54 Å². The van der Waals surface area contributed by atoms with E-state index in [4.69, 9.17) is 0 Å². The first-order chi connectivity index (χ1) is 4.84. The van der Waals surface area contributed by atoms with Gasteiger partial charge in [-0.15, -0.1) is 0 Å². The van der Waals surface area contributed by atoms with Crippen LogP contribution in [0.4, 0.5) is 0 Å². The van der Waals surface area contributed by atoms with Gasteiger partial charge < -0.3 is 5.32 Å². The number of amides is 1. The predicted octanol–water partition coefficient (Wildman–Crippen LogP) is -1.59. The molecule has 0 saturated heterocycles. The summed E-state index contributed by atoms with van der Waals surface area (Å²) in [5.74, 6) is -0.568. The molecule has 0 aromatic carbocycles. The van der Waals surface area contributed by atoms with Crippen molar-refractivity contribution >= 4 is 21.1 Å². The van der Waals surface area contributed by atoms with Crippen molar-refractivity contribution in [2.45, 2.75) is 6.92 Å². The number of rotatable bonds is 2. The van der Waals surface area contributed by atoms with E-state index in [1.807, 2.05) is 5.32 Å². The van der Waals surface area contributed by atoms with Crippen molar-refractivity contribution in [2.24, 2.45) is 0 Å². The van der Waals surface area contributed by atoms with Gasteiger partial charge in [0.1, 0.15) is 0 Å². The monoisotopic (exact) mass is 180 g/mol. The Labute approximate surface area is 63.3 Å². The standard InChI is InChI=1S/C4H6NO5S/c1-3(6)5-2-4(7)11(8,9)10/h2H2,1H3,(H,5,6). The quantitative estimate of drug-likeness (QED) is 0.553. The van der Waals surface area contributed by atoms with E-state index in [0.717, 1.165) is 6.92 Å². The van der Waals surface area contributed by atoms with Crippen LogP contribution in [-0.4, -0.2) is 26.0 Å². The smallest absolute Gasteiger partial charge is 0.348 e. The second kappa shape index (κ2) is 3.44. The third-order valence-corrected chi connectivity index (χ3v) is 1.46. The number of carbonyl (C=O) groups is 2. The molecule has 0 bridgehead atoms. The molecule has 0 aromatic heterocycles. The van der Waals surface area contributed by atoms with E-state index in [1.165, 1.54) is 0 Å². The van der Waals surface area contributed by atoms with Gasteiger partial charge in [0, 0.05) is 6.92 Å². The van der Waals surface area contributed by atoms with Crippen molar-refractivity contribution in [1.82, 2.24) is 5.32 Å². The molecule has 1 N–H and O–H groups in total. The lowest BCUT2D eigenvalue weighted by molar-refractivity contribution is -0.121. The Hall–Kier alpha value is -0.950. The van der Waals surface area contributed by atoms with Crippen LogP contribution in [0.15, 0.2) is 0 Å². The maximum atomic E-state index is 10.3. The van der Waals surface area contributed by atoms with Crippen molar-refractivity contribution in [3.05, 3.63) is 0 Å². The van der Waals surface area contributed by atoms with Gasteiger partial charge in [-0.3, -0.25) is 9.59 Å². The molecule has 11 heavy (non-hydrogen) atoms. The van der Waals surface area contributed by atoms with Gasteiger partial charge in [-0.2, -0.15) is 8.42 Å². The fourth-order valence-corrected chi connectivity index (χ4v) is 0.534. The summed E-state index contributed by atoms with van der Waals surface area (Å²) in [4.78, 5) is 20.4. The Balaban J connectivity index is 4.02. The van der Waals surface area contributed by atoms with Gasteiger partial charge in [0.2, 0.25) is 5.91 Å². The Morgan fingerprint density at radius 3 is 2.09 bits per heavy atom. The summed E-state index contributed by atoms with van der Waals surface area (Å²) in [6.07, 6.45) is 0. The Morgan fingerprint density at radius 2 is 1.82 bits per heavy atom. The highest BCUT2D eigenvalue weighted by atomic mass is 32.2. The second-order valence-corrected chi connectivity index (χ2v) is 3.10. The first kappa shape index (κ1) is 10.0. The van der Waals surface area contributed by atoms with E-state index < -0.39 is 27.7 Å². The third kappa shape index (κ3) is 4.45. The number of hydrogen-bond donors (Lipinski definition) is 1. The van der Waals surface area contributed by atoms with E-state index in [1.54, 1.807) is 0 Å². The molecule has 0 aliphatic rings. The van der Waals surface area contributed by atoms with Crippen LogP contribution in [0.25, 0.3) is 0 Å². The van der Waals surface area contributed by atoms with Crippen LogP contribution in [-0.2, 0) is 24.3 Å². The van der Waals surface area contributed by atoms with Crippen molar-refractivity contribution in [3.63, 3.8) is 0 Å². The minimum Gasteiger partial charge on any atom is -0.348 e. The number of hydrogen-bond acceptors (Lipinski definition) is 4. The van der Waals surface area contributed by atoms with Gasteiger partial charge in [0.25, 0.3) is 5.12 Å². The zero-order valence-electron chi connectivity index (χ0n) is 5.66. The SMILES string of the molecule is CC(=O)NCC(=O)S([O])(=O)=O. The topological polar surface area (TPSA) is 100 Å². The van der Waals surface area contributed by atoms with Crippen LogP contribution in [0, 0.1) is 0 Å². The highest BCUT2D eigenvalue weighted by molar-refractivity contribution is 8.01. The minimum atomic E-state index is -4.90. The molecule has 0 aliphatic heterocycles. The molecule has 0 atom stereocenters. The van der Waals surface area contributed by atoms with E-state index >= 15 is 0 Å². The highest BCUT2D eigenvalue weighted by Crippen LogP contribution is 1.83. The van der Waals surface area contributed by atoms with Crippen LogP contribution >= 0.6 is 0 Å². The van der Waals surface area contributed by atoms with Crippen LogP contribution in [0.2, 0.25) is 0 Å². The number of nitrogens with one attached hydrogen (secondary N) is 1. The number of carbonyl (C=O) groups excluding carboxylic acids is 2. The van der Waals surface area contributed by atoms with Gasteiger partial charge >= 0.3 is 10.1 Å². The van der Waals surface area contributed by atoms with Crippen molar-refractivity contribution in [2.75, 3.05) is 6.54 Å². The van der Waals surface area contributed by atoms with Crippen molar-refractivity contribution in [1.29, 1.82) is 0 Å². The fourth-order valence-electron chi connectivity index (χ4n) is 0.285. The first-order valence-electron chi connectivity index (χ1n) is 2.57. The Kier molecular flexibility index (Phi) is 3.15. The third-order valence-electron chi connectivity index (χ3n) is 0.761. The van der Waals surface area contributed by atoms with Gasteiger partial charge in [-0.1, -0.05) is 4.55 Å². The molecule has 0 rings (SSSR count). The minimum absolute atomic E-state index is 0.568. The first-order valence-corrected chi connectivity index (χ1v) is 3.98. The molecule has 0 fully saturated rings. The van der Waals surface area contributed by atoms with E-state index in [9.17, 15) is 22.6 Å². The van der Waals surface area contributed by atoms with E-state index in [2.05, 4.69) is 0 Å². The lowest BCUT2D eigenvalue weighted by Crippen LogP contribution is -2.30. The molecule has 6 nitrogen and oxygen atoms in total. The summed E-state index contributed by atoms with van der Waals surface area (Å²) in [7, 11) is -4.90. The summed E-state index contributed by atoms with van der Waals surface area (Å²) < 4.78 is 29.7. The summed E-state index contributed by atoms with van der Waals surface area (Å²) in [6.45, 7) is 0.339.